The van der Waals surface area contributed by atoms with Crippen molar-refractivity contribution in [3.05, 3.63) is 54.9 Å². The number of aliphatic hydroxyl groups excluding tert-OH is 1. The van der Waals surface area contributed by atoms with Gasteiger partial charge >= 0.3 is 5.97 Å². The summed E-state index contributed by atoms with van der Waals surface area (Å²) in [5.74, 6) is 0.297. The molecule has 0 radical (unpaired) electrons. The number of rotatable bonds is 6. The molecule has 9 nitrogen and oxygen atoms in total. The van der Waals surface area contributed by atoms with E-state index in [-0.39, 0.29) is 25.2 Å². The number of nitrogens with two attached hydrogens (primary N) is 1. The van der Waals surface area contributed by atoms with Gasteiger partial charge in [-0.3, -0.25) is 9.78 Å². The van der Waals surface area contributed by atoms with Gasteiger partial charge in [0, 0.05) is 28.8 Å². The standard InChI is InChI=1S/C27H31N5O4/c28-25-22(20-10-11-23(29-13-20)18-4-2-1-3-5-18)14-31-32(25)26-21(24(15-33)36-16-30-26)12-17-6-8-19(9-7-17)27(34)35/h1-5,10-11,13-14,17,19,21,24,33H,6-9,12,15-16,28H2,(H,34,35). The second-order valence-corrected chi connectivity index (χ2v) is 9.58. The van der Waals surface area contributed by atoms with E-state index in [4.69, 9.17) is 10.5 Å². The first-order valence-electron chi connectivity index (χ1n) is 12.4. The van der Waals surface area contributed by atoms with Gasteiger partial charge in [0.2, 0.25) is 0 Å². The largest absolute Gasteiger partial charge is 0.481 e. The molecule has 1 saturated carbocycles. The second kappa shape index (κ2) is 10.6. The number of aliphatic carboxylic acids is 1. The highest BCUT2D eigenvalue weighted by Gasteiger charge is 2.36. The summed E-state index contributed by atoms with van der Waals surface area (Å²) >= 11 is 0. The number of benzene rings is 1. The fourth-order valence-electron chi connectivity index (χ4n) is 5.36. The van der Waals surface area contributed by atoms with Gasteiger partial charge in [0.25, 0.3) is 0 Å². The van der Waals surface area contributed by atoms with Crippen LogP contribution in [-0.2, 0) is 9.53 Å². The van der Waals surface area contributed by atoms with Crippen molar-refractivity contribution in [1.82, 2.24) is 14.8 Å². The van der Waals surface area contributed by atoms with Gasteiger partial charge in [-0.1, -0.05) is 36.4 Å². The zero-order chi connectivity index (χ0) is 25.1. The third-order valence-electron chi connectivity index (χ3n) is 7.43. The zero-order valence-corrected chi connectivity index (χ0v) is 20.0. The fourth-order valence-corrected chi connectivity index (χ4v) is 5.36. The second-order valence-electron chi connectivity index (χ2n) is 9.58. The smallest absolute Gasteiger partial charge is 0.306 e. The highest BCUT2D eigenvalue weighted by molar-refractivity contribution is 5.92. The molecular formula is C27H31N5O4. The molecular weight excluding hydrogens is 458 g/mol. The normalized spacial score (nSPS) is 24.3. The maximum atomic E-state index is 11.3. The predicted molar refractivity (Wildman–Crippen MR) is 136 cm³/mol. The number of hydrogen-bond donors (Lipinski definition) is 3. The first-order valence-corrected chi connectivity index (χ1v) is 12.4. The molecule has 9 heteroatoms. The van der Waals surface area contributed by atoms with E-state index in [0.29, 0.717) is 30.4 Å². The number of hydrogen-bond acceptors (Lipinski definition) is 7. The number of ether oxygens (including phenoxy) is 1. The molecule has 4 N–H and O–H groups in total. The average molecular weight is 490 g/mol. The van der Waals surface area contributed by atoms with E-state index >= 15 is 0 Å². The number of pyridine rings is 1. The topological polar surface area (TPSA) is 136 Å². The van der Waals surface area contributed by atoms with E-state index < -0.39 is 12.1 Å². The highest BCUT2D eigenvalue weighted by Crippen LogP contribution is 2.36. The molecule has 1 aliphatic heterocycles. The minimum Gasteiger partial charge on any atom is -0.481 e. The first-order chi connectivity index (χ1) is 17.5. The molecule has 1 fully saturated rings. The van der Waals surface area contributed by atoms with Crippen LogP contribution in [0.3, 0.4) is 0 Å². The molecule has 3 heterocycles. The molecule has 188 valence electrons. The maximum absolute atomic E-state index is 11.3. The van der Waals surface area contributed by atoms with Crippen molar-refractivity contribution in [2.75, 3.05) is 19.1 Å². The highest BCUT2D eigenvalue weighted by atomic mass is 16.5. The number of nitrogens with zero attached hydrogens (tertiary/aromatic N) is 4. The van der Waals surface area contributed by atoms with Crippen LogP contribution < -0.4 is 5.73 Å². The van der Waals surface area contributed by atoms with Crippen molar-refractivity contribution in [3.8, 4) is 22.4 Å². The van der Waals surface area contributed by atoms with Crippen LogP contribution in [0.4, 0.5) is 5.82 Å². The van der Waals surface area contributed by atoms with Crippen LogP contribution in [0.15, 0.2) is 59.9 Å². The van der Waals surface area contributed by atoms with Crippen LogP contribution in [0, 0.1) is 17.8 Å². The quantitative estimate of drug-likeness (QED) is 0.480. The van der Waals surface area contributed by atoms with Crippen molar-refractivity contribution < 1.29 is 19.7 Å². The SMILES string of the molecule is Nc1c(-c2ccc(-c3ccccc3)nc2)cnn1C1=NCOC(CO)C1CC1CCC(C(=O)O)CC1. The van der Waals surface area contributed by atoms with Crippen LogP contribution in [0.1, 0.15) is 32.1 Å². The van der Waals surface area contributed by atoms with Crippen molar-refractivity contribution in [1.29, 1.82) is 0 Å². The Balaban J connectivity index is 1.37. The van der Waals surface area contributed by atoms with Crippen LogP contribution in [-0.4, -0.2) is 56.2 Å². The van der Waals surface area contributed by atoms with E-state index in [1.807, 2.05) is 42.5 Å². The summed E-state index contributed by atoms with van der Waals surface area (Å²) in [5, 5.41) is 23.9. The Morgan fingerprint density at radius 3 is 2.50 bits per heavy atom. The van der Waals surface area contributed by atoms with Gasteiger partial charge in [0.1, 0.15) is 18.4 Å². The number of aliphatic imine (C=N–C) groups is 1. The molecule has 36 heavy (non-hydrogen) atoms. The van der Waals surface area contributed by atoms with Gasteiger partial charge in [-0.05, 0) is 44.1 Å². The van der Waals surface area contributed by atoms with Crippen LogP contribution >= 0.6 is 0 Å². The molecule has 0 saturated heterocycles. The van der Waals surface area contributed by atoms with Crippen molar-refractivity contribution in [2.24, 2.45) is 22.7 Å². The van der Waals surface area contributed by atoms with Crippen LogP contribution in [0.25, 0.3) is 22.4 Å². The van der Waals surface area contributed by atoms with Gasteiger partial charge in [-0.15, -0.1) is 0 Å². The van der Waals surface area contributed by atoms with E-state index in [0.717, 1.165) is 41.6 Å². The third kappa shape index (κ3) is 4.89. The molecule has 2 aromatic heterocycles. The number of anilines is 1. The maximum Gasteiger partial charge on any atom is 0.306 e. The van der Waals surface area contributed by atoms with Crippen molar-refractivity contribution >= 4 is 17.6 Å². The first kappa shape index (κ1) is 24.1. The van der Waals surface area contributed by atoms with E-state index in [1.165, 1.54) is 0 Å². The lowest BCUT2D eigenvalue weighted by Gasteiger charge is -2.35. The van der Waals surface area contributed by atoms with Gasteiger partial charge in [0.05, 0.1) is 30.5 Å². The molecule has 2 aliphatic rings. The molecule has 0 spiro atoms. The summed E-state index contributed by atoms with van der Waals surface area (Å²) in [7, 11) is 0. The molecule has 1 aliphatic carbocycles. The van der Waals surface area contributed by atoms with Gasteiger partial charge in [-0.25, -0.2) is 9.67 Å². The monoisotopic (exact) mass is 489 g/mol. The molecule has 0 bridgehead atoms. The van der Waals surface area contributed by atoms with E-state index in [1.54, 1.807) is 17.1 Å². The average Bonchev–Trinajstić information content (AvgIpc) is 3.30. The van der Waals surface area contributed by atoms with E-state index in [9.17, 15) is 15.0 Å². The number of aromatic nitrogens is 3. The van der Waals surface area contributed by atoms with Crippen LogP contribution in [0.5, 0.6) is 0 Å². The zero-order valence-electron chi connectivity index (χ0n) is 20.0. The summed E-state index contributed by atoms with van der Waals surface area (Å²) in [6, 6.07) is 13.9. The van der Waals surface area contributed by atoms with Gasteiger partial charge < -0.3 is 20.7 Å². The summed E-state index contributed by atoms with van der Waals surface area (Å²) in [4.78, 5) is 20.5. The lowest BCUT2D eigenvalue weighted by Crippen LogP contribution is -2.42. The number of carboxylic acid groups (broad SMARTS) is 1. The minimum atomic E-state index is -0.715. The summed E-state index contributed by atoms with van der Waals surface area (Å²) in [6.45, 7) is -0.00215. The summed E-state index contributed by atoms with van der Waals surface area (Å²) < 4.78 is 7.41. The van der Waals surface area contributed by atoms with Crippen LogP contribution in [0.2, 0.25) is 0 Å². The molecule has 3 aromatic rings. The number of nitrogen functional groups attached to an aromatic ring is 1. The Bertz CT molecular complexity index is 1220. The lowest BCUT2D eigenvalue weighted by molar-refractivity contribution is -0.143. The van der Waals surface area contributed by atoms with Crippen molar-refractivity contribution in [3.63, 3.8) is 0 Å². The van der Waals surface area contributed by atoms with E-state index in [2.05, 4.69) is 15.1 Å². The summed E-state index contributed by atoms with van der Waals surface area (Å²) in [5.41, 5.74) is 10.1. The molecule has 0 amide bonds. The Labute approximate surface area is 209 Å². The van der Waals surface area contributed by atoms with Crippen molar-refractivity contribution in [2.45, 2.75) is 38.2 Å². The molecule has 1 aromatic carbocycles. The minimum absolute atomic E-state index is 0.130. The fraction of sp³-hybridized carbons (Fsp3) is 0.407. The predicted octanol–water partition coefficient (Wildman–Crippen LogP) is 3.69. The Hall–Kier alpha value is -3.56. The Kier molecular flexibility index (Phi) is 7.11. The Morgan fingerprint density at radius 2 is 1.83 bits per heavy atom. The number of aliphatic hydroxyl groups is 1. The Morgan fingerprint density at radius 1 is 1.06 bits per heavy atom. The van der Waals surface area contributed by atoms with Gasteiger partial charge in [-0.2, -0.15) is 5.10 Å². The summed E-state index contributed by atoms with van der Waals surface area (Å²) in [6.07, 6.45) is 6.84. The lowest BCUT2D eigenvalue weighted by atomic mass is 9.76. The number of carbonyl (C=O) groups is 1. The molecule has 5 rings (SSSR count). The third-order valence-corrected chi connectivity index (χ3v) is 7.43. The molecule has 2 unspecified atom stereocenters. The van der Waals surface area contributed by atoms with Gasteiger partial charge in [0.15, 0.2) is 0 Å². The number of carboxylic acids is 1. The molecule has 2 atom stereocenters.